The molecule has 0 heterocycles. The van der Waals surface area contributed by atoms with Gasteiger partial charge in [-0.3, -0.25) is 0 Å². The quantitative estimate of drug-likeness (QED) is 0.749. The highest BCUT2D eigenvalue weighted by atomic mass is 35.5. The fourth-order valence-electron chi connectivity index (χ4n) is 3.26. The Kier molecular flexibility index (Phi) is 7.60. The molecule has 4 heteroatoms. The molecule has 2 aromatic rings. The van der Waals surface area contributed by atoms with Gasteiger partial charge in [-0.2, -0.15) is 0 Å². The highest BCUT2D eigenvalue weighted by molar-refractivity contribution is 5.85. The molecule has 0 bridgehead atoms. The molecule has 1 saturated carbocycles. The number of halogens is 1. The SMILES string of the molecule is COc1cc(CNC2CCCC2)ccc1OCc1ccccc1C.Cl. The molecule has 0 atom stereocenters. The molecule has 0 amide bonds. The third-order valence-corrected chi connectivity index (χ3v) is 4.82. The Bertz CT molecular complexity index is 669. The Morgan fingerprint density at radius 1 is 1.04 bits per heavy atom. The zero-order valence-electron chi connectivity index (χ0n) is 15.1. The van der Waals surface area contributed by atoms with Gasteiger partial charge in [0.1, 0.15) is 6.61 Å². The molecule has 2 aromatic carbocycles. The van der Waals surface area contributed by atoms with Gasteiger partial charge in [-0.25, -0.2) is 0 Å². The van der Waals surface area contributed by atoms with E-state index < -0.39 is 0 Å². The number of methoxy groups -OCH3 is 1. The molecule has 3 nitrogen and oxygen atoms in total. The van der Waals surface area contributed by atoms with E-state index in [-0.39, 0.29) is 12.4 Å². The maximum absolute atomic E-state index is 5.98. The van der Waals surface area contributed by atoms with Crippen molar-refractivity contribution in [2.75, 3.05) is 7.11 Å². The maximum Gasteiger partial charge on any atom is 0.161 e. The van der Waals surface area contributed by atoms with E-state index in [1.54, 1.807) is 7.11 Å². The lowest BCUT2D eigenvalue weighted by Crippen LogP contribution is -2.25. The summed E-state index contributed by atoms with van der Waals surface area (Å²) in [6, 6.07) is 15.2. The van der Waals surface area contributed by atoms with Crippen molar-refractivity contribution >= 4 is 12.4 Å². The van der Waals surface area contributed by atoms with Gasteiger partial charge in [-0.15, -0.1) is 12.4 Å². The van der Waals surface area contributed by atoms with Crippen LogP contribution in [-0.4, -0.2) is 13.2 Å². The first-order chi connectivity index (χ1) is 11.8. The minimum Gasteiger partial charge on any atom is -0.493 e. The number of nitrogens with one attached hydrogen (secondary N) is 1. The first kappa shape index (κ1) is 19.6. The number of hydrogen-bond donors (Lipinski definition) is 1. The summed E-state index contributed by atoms with van der Waals surface area (Å²) in [5, 5.41) is 3.64. The molecule has 0 aromatic heterocycles. The van der Waals surface area contributed by atoms with Crippen molar-refractivity contribution in [1.82, 2.24) is 5.32 Å². The largest absolute Gasteiger partial charge is 0.493 e. The van der Waals surface area contributed by atoms with Gasteiger partial charge < -0.3 is 14.8 Å². The second kappa shape index (κ2) is 9.69. The Morgan fingerprint density at radius 2 is 1.80 bits per heavy atom. The lowest BCUT2D eigenvalue weighted by Gasteiger charge is -2.15. The Balaban J connectivity index is 0.00000225. The summed E-state index contributed by atoms with van der Waals surface area (Å²) in [6.07, 6.45) is 5.31. The van der Waals surface area contributed by atoms with Gasteiger partial charge in [-0.1, -0.05) is 43.2 Å². The molecule has 0 radical (unpaired) electrons. The fraction of sp³-hybridized carbons (Fsp3) is 0.429. The molecular formula is C21H28ClNO2. The summed E-state index contributed by atoms with van der Waals surface area (Å²) in [4.78, 5) is 0. The molecule has 0 saturated heterocycles. The monoisotopic (exact) mass is 361 g/mol. The van der Waals surface area contributed by atoms with Crippen LogP contribution in [0.5, 0.6) is 11.5 Å². The van der Waals surface area contributed by atoms with E-state index in [1.807, 2.05) is 18.2 Å². The van der Waals surface area contributed by atoms with E-state index in [1.165, 1.54) is 42.4 Å². The number of ether oxygens (including phenoxy) is 2. The Labute approximate surface area is 157 Å². The van der Waals surface area contributed by atoms with Crippen LogP contribution in [-0.2, 0) is 13.2 Å². The second-order valence-electron chi connectivity index (χ2n) is 6.56. The summed E-state index contributed by atoms with van der Waals surface area (Å²) >= 11 is 0. The van der Waals surface area contributed by atoms with Crippen LogP contribution in [0.15, 0.2) is 42.5 Å². The summed E-state index contributed by atoms with van der Waals surface area (Å²) in [5.41, 5.74) is 3.68. The van der Waals surface area contributed by atoms with E-state index in [0.29, 0.717) is 12.6 Å². The van der Waals surface area contributed by atoms with Crippen LogP contribution in [0, 0.1) is 6.92 Å². The van der Waals surface area contributed by atoms with E-state index >= 15 is 0 Å². The molecule has 1 N–H and O–H groups in total. The van der Waals surface area contributed by atoms with Crippen molar-refractivity contribution in [3.63, 3.8) is 0 Å². The number of aryl methyl sites for hydroxylation is 1. The lowest BCUT2D eigenvalue weighted by atomic mass is 10.1. The second-order valence-corrected chi connectivity index (χ2v) is 6.56. The molecule has 1 fully saturated rings. The summed E-state index contributed by atoms with van der Waals surface area (Å²) in [7, 11) is 1.70. The topological polar surface area (TPSA) is 30.5 Å². The molecular weight excluding hydrogens is 334 g/mol. The van der Waals surface area contributed by atoms with Crippen molar-refractivity contribution in [2.45, 2.75) is 51.8 Å². The third kappa shape index (κ3) is 5.38. The third-order valence-electron chi connectivity index (χ3n) is 4.82. The van der Waals surface area contributed by atoms with Gasteiger partial charge in [0.2, 0.25) is 0 Å². The molecule has 0 spiro atoms. The van der Waals surface area contributed by atoms with Gasteiger partial charge in [-0.05, 0) is 48.6 Å². The van der Waals surface area contributed by atoms with Crippen molar-refractivity contribution in [3.05, 3.63) is 59.2 Å². The molecule has 0 aliphatic heterocycles. The van der Waals surface area contributed by atoms with Crippen LogP contribution < -0.4 is 14.8 Å². The van der Waals surface area contributed by atoms with E-state index in [4.69, 9.17) is 9.47 Å². The van der Waals surface area contributed by atoms with Crippen LogP contribution >= 0.6 is 12.4 Å². The fourth-order valence-corrected chi connectivity index (χ4v) is 3.26. The minimum atomic E-state index is 0. The van der Waals surface area contributed by atoms with Gasteiger partial charge >= 0.3 is 0 Å². The smallest absolute Gasteiger partial charge is 0.161 e. The van der Waals surface area contributed by atoms with Crippen LogP contribution in [0.2, 0.25) is 0 Å². The van der Waals surface area contributed by atoms with Gasteiger partial charge in [0.05, 0.1) is 7.11 Å². The van der Waals surface area contributed by atoms with Crippen molar-refractivity contribution < 1.29 is 9.47 Å². The molecule has 3 rings (SSSR count). The van der Waals surface area contributed by atoms with Crippen molar-refractivity contribution in [1.29, 1.82) is 0 Å². The zero-order chi connectivity index (χ0) is 16.8. The van der Waals surface area contributed by atoms with Crippen LogP contribution in [0.4, 0.5) is 0 Å². The number of rotatable bonds is 7. The summed E-state index contributed by atoms with van der Waals surface area (Å²) in [5.74, 6) is 1.60. The van der Waals surface area contributed by atoms with E-state index in [0.717, 1.165) is 18.0 Å². The van der Waals surface area contributed by atoms with Crippen molar-refractivity contribution in [3.8, 4) is 11.5 Å². The maximum atomic E-state index is 5.98. The Morgan fingerprint density at radius 3 is 2.52 bits per heavy atom. The number of hydrogen-bond acceptors (Lipinski definition) is 3. The minimum absolute atomic E-state index is 0. The Hall–Kier alpha value is -1.71. The first-order valence-electron chi connectivity index (χ1n) is 8.84. The van der Waals surface area contributed by atoms with Gasteiger partial charge in [0.25, 0.3) is 0 Å². The first-order valence-corrected chi connectivity index (χ1v) is 8.84. The average molecular weight is 362 g/mol. The van der Waals surface area contributed by atoms with Crippen LogP contribution in [0.1, 0.15) is 42.4 Å². The summed E-state index contributed by atoms with van der Waals surface area (Å²) in [6.45, 7) is 3.55. The zero-order valence-corrected chi connectivity index (χ0v) is 15.9. The van der Waals surface area contributed by atoms with E-state index in [9.17, 15) is 0 Å². The average Bonchev–Trinajstić information content (AvgIpc) is 3.13. The van der Waals surface area contributed by atoms with E-state index in [2.05, 4.69) is 36.5 Å². The molecule has 0 unspecified atom stereocenters. The lowest BCUT2D eigenvalue weighted by molar-refractivity contribution is 0.283. The van der Waals surface area contributed by atoms with Crippen molar-refractivity contribution in [2.24, 2.45) is 0 Å². The normalized spacial score (nSPS) is 14.2. The van der Waals surface area contributed by atoms with Gasteiger partial charge in [0.15, 0.2) is 11.5 Å². The predicted molar refractivity (Wildman–Crippen MR) is 105 cm³/mol. The molecule has 136 valence electrons. The predicted octanol–water partition coefficient (Wildman–Crippen LogP) is 5.04. The molecule has 1 aliphatic rings. The van der Waals surface area contributed by atoms with Gasteiger partial charge in [0, 0.05) is 12.6 Å². The number of benzene rings is 2. The highest BCUT2D eigenvalue weighted by Crippen LogP contribution is 2.29. The van der Waals surface area contributed by atoms with Crippen LogP contribution in [0.3, 0.4) is 0 Å². The standard InChI is InChI=1S/C21H27NO2.ClH/c1-16-7-3-4-8-18(16)15-24-20-12-11-17(13-21(20)23-2)14-22-19-9-5-6-10-19;/h3-4,7-8,11-13,19,22H,5-6,9-10,14-15H2,1-2H3;1H. The van der Waals surface area contributed by atoms with Crippen LogP contribution in [0.25, 0.3) is 0 Å². The molecule has 25 heavy (non-hydrogen) atoms. The highest BCUT2D eigenvalue weighted by Gasteiger charge is 2.14. The summed E-state index contributed by atoms with van der Waals surface area (Å²) < 4.78 is 11.5. The molecule has 1 aliphatic carbocycles.